The fraction of sp³-hybridized carbons (Fsp3) is 0.0588. The number of hydrogen-bond acceptors (Lipinski definition) is 2. The first-order chi connectivity index (χ1) is 27.4. The average Bonchev–Trinajstić information content (AvgIpc) is 3.23. The number of hydrogen-bond donors (Lipinski definition) is 0. The molecule has 8 aromatic carbocycles. The molecular formula is C51H38B2Br2N2. The highest BCUT2D eigenvalue weighted by Crippen LogP contribution is 2.48. The van der Waals surface area contributed by atoms with Crippen LogP contribution in [0.25, 0.3) is 44.5 Å². The van der Waals surface area contributed by atoms with Crippen LogP contribution < -0.4 is 31.5 Å². The quantitative estimate of drug-likeness (QED) is 0.140. The van der Waals surface area contributed by atoms with Crippen LogP contribution in [0, 0.1) is 13.8 Å². The molecule has 0 saturated carbocycles. The maximum atomic E-state index is 3.67. The van der Waals surface area contributed by atoms with Gasteiger partial charge in [0.15, 0.2) is 0 Å². The van der Waals surface area contributed by atoms with Crippen molar-refractivity contribution in [2.24, 2.45) is 0 Å². The second-order valence-corrected chi connectivity index (χ2v) is 17.1. The van der Waals surface area contributed by atoms with Gasteiger partial charge >= 0.3 is 13.7 Å². The summed E-state index contributed by atoms with van der Waals surface area (Å²) in [6.07, 6.45) is 0. The minimum Gasteiger partial charge on any atom is -0.376 e. The van der Waals surface area contributed by atoms with E-state index in [1.54, 1.807) is 0 Å². The van der Waals surface area contributed by atoms with Gasteiger partial charge in [0.25, 0.3) is 0 Å². The van der Waals surface area contributed by atoms with E-state index >= 15 is 0 Å². The first kappa shape index (κ1) is 35.8. The van der Waals surface area contributed by atoms with Crippen molar-refractivity contribution < 1.29 is 0 Å². The van der Waals surface area contributed by atoms with Crippen molar-refractivity contribution >= 4 is 90.2 Å². The molecule has 0 N–H and O–H groups in total. The molecule has 0 aliphatic carbocycles. The second kappa shape index (κ2) is 13.8. The van der Waals surface area contributed by atoms with Crippen LogP contribution >= 0.6 is 31.9 Å². The molecule has 4 heterocycles. The van der Waals surface area contributed by atoms with Gasteiger partial charge in [-0.1, -0.05) is 160 Å². The van der Waals surface area contributed by atoms with Crippen LogP contribution in [-0.2, 0) is 0 Å². The Kier molecular flexibility index (Phi) is 8.69. The summed E-state index contributed by atoms with van der Waals surface area (Å²) in [5, 5.41) is 0. The molecule has 8 aromatic rings. The number of anilines is 4. The largest absolute Gasteiger partial charge is 0.376 e. The lowest BCUT2D eigenvalue weighted by atomic mass is 9.43. The monoisotopic (exact) mass is 858 g/mol. The Hall–Kier alpha value is -5.55. The molecule has 4 aliphatic rings. The number of nitrogens with zero attached hydrogens (tertiary/aromatic N) is 2. The van der Waals surface area contributed by atoms with Gasteiger partial charge in [-0.15, -0.1) is 0 Å². The summed E-state index contributed by atoms with van der Waals surface area (Å²) in [5.74, 6) is 0. The average molecular weight is 860 g/mol. The molecule has 57 heavy (non-hydrogen) atoms. The lowest BCUT2D eigenvalue weighted by molar-refractivity contribution is 1.32. The Labute approximate surface area is 353 Å². The Morgan fingerprint density at radius 2 is 0.614 bits per heavy atom. The zero-order chi connectivity index (χ0) is 37.7. The Morgan fingerprint density at radius 1 is 0.333 bits per heavy atom. The maximum absolute atomic E-state index is 3.67. The molecule has 0 spiro atoms. The van der Waals surface area contributed by atoms with Crippen LogP contribution in [0.1, 0.15) is 18.6 Å². The molecule has 6 heteroatoms. The van der Waals surface area contributed by atoms with Crippen molar-refractivity contribution in [2.45, 2.75) is 21.3 Å². The van der Waals surface area contributed by atoms with Crippen molar-refractivity contribution in [1.82, 2.24) is 0 Å². The van der Waals surface area contributed by atoms with E-state index in [4.69, 9.17) is 0 Å². The maximum Gasteiger partial charge on any atom is 0.329 e. The van der Waals surface area contributed by atoms with Gasteiger partial charge in [-0.05, 0) is 119 Å². The van der Waals surface area contributed by atoms with E-state index in [0.717, 1.165) is 8.95 Å². The Morgan fingerprint density at radius 3 is 0.947 bits per heavy atom. The summed E-state index contributed by atoms with van der Waals surface area (Å²) >= 11 is 7.35. The predicted molar refractivity (Wildman–Crippen MR) is 253 cm³/mol. The zero-order valence-corrected chi connectivity index (χ0v) is 34.1. The predicted octanol–water partition coefficient (Wildman–Crippen LogP) is 12.0. The van der Waals surface area contributed by atoms with Crippen LogP contribution in [0.2, 0.25) is 0 Å². The number of fused-ring (bicyclic) bond motifs is 22. The van der Waals surface area contributed by atoms with Gasteiger partial charge in [0.2, 0.25) is 0 Å². The smallest absolute Gasteiger partial charge is 0.329 e. The van der Waals surface area contributed by atoms with Crippen LogP contribution in [0.5, 0.6) is 0 Å². The van der Waals surface area contributed by atoms with E-state index in [-0.39, 0.29) is 21.1 Å². The van der Waals surface area contributed by atoms with Gasteiger partial charge in [0, 0.05) is 53.9 Å². The number of halogens is 2. The summed E-state index contributed by atoms with van der Waals surface area (Å²) in [6.45, 7) is 4.74. The van der Waals surface area contributed by atoms with Gasteiger partial charge in [0.05, 0.1) is 0 Å². The Bertz CT molecular complexity index is 2530. The van der Waals surface area contributed by atoms with Crippen LogP contribution in [-0.4, -0.2) is 13.7 Å². The number of benzene rings is 8. The van der Waals surface area contributed by atoms with Gasteiger partial charge in [-0.2, -0.15) is 0 Å². The lowest BCUT2D eigenvalue weighted by Gasteiger charge is -2.43. The highest BCUT2D eigenvalue weighted by atomic mass is 79.9. The fourth-order valence-corrected chi connectivity index (χ4v) is 10.4. The molecule has 0 unspecified atom stereocenters. The molecule has 272 valence electrons. The minimum atomic E-state index is 0. The van der Waals surface area contributed by atoms with Crippen molar-refractivity contribution in [3.8, 4) is 44.5 Å². The van der Waals surface area contributed by atoms with Crippen molar-refractivity contribution in [3.05, 3.63) is 190 Å². The molecule has 0 atom stereocenters. The first-order valence-electron chi connectivity index (χ1n) is 19.2. The van der Waals surface area contributed by atoms with Crippen LogP contribution in [0.15, 0.2) is 179 Å². The van der Waals surface area contributed by atoms with Crippen molar-refractivity contribution in [1.29, 1.82) is 0 Å². The van der Waals surface area contributed by atoms with Gasteiger partial charge < -0.3 is 9.62 Å². The highest BCUT2D eigenvalue weighted by Gasteiger charge is 2.43. The molecular weight excluding hydrogens is 822 g/mol. The highest BCUT2D eigenvalue weighted by molar-refractivity contribution is 9.10. The van der Waals surface area contributed by atoms with Crippen LogP contribution in [0.3, 0.4) is 0 Å². The molecule has 12 rings (SSSR count). The Balaban J connectivity index is 0.000000137. The number of rotatable bonds is 0. The molecule has 0 radical (unpaired) electrons. The summed E-state index contributed by atoms with van der Waals surface area (Å²) in [7, 11) is 0. The SMILES string of the molecule is Brc1ccc2c(c1)-c1ccccc1B1c3ccccc3-c3cc(Br)ccc3N12.C.Cc1ccc2c(c1)-c1ccccc1B1c3ccccc3-c3cc(C)ccc3N12. The van der Waals surface area contributed by atoms with Gasteiger partial charge in [-0.3, -0.25) is 0 Å². The number of aryl methyl sites for hydroxylation is 2. The van der Waals surface area contributed by atoms with E-state index in [9.17, 15) is 0 Å². The summed E-state index contributed by atoms with van der Waals surface area (Å²) in [4.78, 5) is 5.06. The lowest BCUT2D eigenvalue weighted by Crippen LogP contribution is -2.59. The summed E-state index contributed by atoms with van der Waals surface area (Å²) in [6, 6.07) is 62.4. The topological polar surface area (TPSA) is 6.48 Å². The summed E-state index contributed by atoms with van der Waals surface area (Å²) < 4.78 is 2.21. The molecule has 2 nitrogen and oxygen atoms in total. The van der Waals surface area contributed by atoms with E-state index in [1.807, 2.05) is 0 Å². The summed E-state index contributed by atoms with van der Waals surface area (Å²) in [5.41, 5.74) is 23.7. The van der Waals surface area contributed by atoms with Gasteiger partial charge in [0.1, 0.15) is 0 Å². The first-order valence-corrected chi connectivity index (χ1v) is 20.8. The van der Waals surface area contributed by atoms with E-state index < -0.39 is 0 Å². The second-order valence-electron chi connectivity index (χ2n) is 15.3. The third-order valence-corrected chi connectivity index (χ3v) is 12.9. The van der Waals surface area contributed by atoms with E-state index in [2.05, 4.69) is 225 Å². The van der Waals surface area contributed by atoms with Crippen molar-refractivity contribution in [2.75, 3.05) is 9.62 Å². The van der Waals surface area contributed by atoms with Gasteiger partial charge in [-0.25, -0.2) is 0 Å². The molecule has 0 saturated heterocycles. The standard InChI is InChI=1S/C26H20BN.C24H14BBr2N.CH4/c1-17-11-13-25-21(15-17)19-7-3-5-9-23(19)27-24-10-6-4-8-20(24)22-16-18(2)12-14-26(22)28(25)27;26-15-9-11-23-19(13-15)17-5-1-3-7-21(17)25-22-8-4-2-6-18(22)20-14-16(27)10-12-24(20)28(23)25;/h3-16H,1-2H3;1-14H;1H4. The van der Waals surface area contributed by atoms with E-state index in [0.29, 0.717) is 0 Å². The van der Waals surface area contributed by atoms with Crippen molar-refractivity contribution in [3.63, 3.8) is 0 Å². The molecule has 0 bridgehead atoms. The molecule has 0 fully saturated rings. The zero-order valence-electron chi connectivity index (χ0n) is 31.0. The van der Waals surface area contributed by atoms with E-state index in [1.165, 1.54) is 100 Å². The third-order valence-electron chi connectivity index (χ3n) is 12.0. The molecule has 0 aromatic heterocycles. The fourth-order valence-electron chi connectivity index (χ4n) is 9.65. The normalized spacial score (nSPS) is 13.0. The minimum absolute atomic E-state index is 0. The molecule has 4 aliphatic heterocycles. The third kappa shape index (κ3) is 5.52. The van der Waals surface area contributed by atoms with Crippen LogP contribution in [0.4, 0.5) is 22.7 Å². The molecule has 0 amide bonds.